The summed E-state index contributed by atoms with van der Waals surface area (Å²) < 4.78 is 5.85. The van der Waals surface area contributed by atoms with E-state index in [1.165, 1.54) is 0 Å². The topological polar surface area (TPSA) is 46.7 Å². The molecule has 0 bridgehead atoms. The van der Waals surface area contributed by atoms with Crippen LogP contribution in [0.4, 0.5) is 0 Å². The molecule has 3 aliphatic carbocycles. The van der Waals surface area contributed by atoms with Gasteiger partial charge in [-0.25, -0.2) is 0 Å². The molecule has 3 heteroatoms. The fourth-order valence-electron chi connectivity index (χ4n) is 5.55. The third kappa shape index (κ3) is 0.806. The van der Waals surface area contributed by atoms with Crippen molar-refractivity contribution in [2.24, 2.45) is 28.6 Å². The Morgan fingerprint density at radius 3 is 2.50 bits per heavy atom. The summed E-state index contributed by atoms with van der Waals surface area (Å²) in [5.41, 5.74) is -0.890. The van der Waals surface area contributed by atoms with Crippen molar-refractivity contribution >= 4 is 11.6 Å². The second-order valence-corrected chi connectivity index (χ2v) is 7.57. The summed E-state index contributed by atoms with van der Waals surface area (Å²) in [6, 6.07) is 0. The molecule has 4 fully saturated rings. The van der Waals surface area contributed by atoms with Crippen LogP contribution in [0.1, 0.15) is 40.5 Å². The normalized spacial score (nSPS) is 59.6. The van der Waals surface area contributed by atoms with Gasteiger partial charge in [-0.2, -0.15) is 0 Å². The number of fused-ring (bicyclic) bond motifs is 2. The van der Waals surface area contributed by atoms with Crippen LogP contribution >= 0.6 is 0 Å². The van der Waals surface area contributed by atoms with Crippen molar-refractivity contribution in [2.75, 3.05) is 0 Å². The maximum absolute atomic E-state index is 12.5. The number of hydrogen-bond donors (Lipinski definition) is 0. The maximum Gasteiger partial charge on any atom is 0.233 e. The first-order valence-electron chi connectivity index (χ1n) is 7.06. The van der Waals surface area contributed by atoms with E-state index in [0.717, 1.165) is 12.8 Å². The highest BCUT2D eigenvalue weighted by Crippen LogP contribution is 2.79. The van der Waals surface area contributed by atoms with Crippen LogP contribution in [0, 0.1) is 28.6 Å². The van der Waals surface area contributed by atoms with Crippen LogP contribution in [0.25, 0.3) is 0 Å². The fraction of sp³-hybridized carbons (Fsp3) is 0.867. The summed E-state index contributed by atoms with van der Waals surface area (Å²) in [6.45, 7) is 8.70. The van der Waals surface area contributed by atoms with Crippen molar-refractivity contribution in [1.82, 2.24) is 0 Å². The van der Waals surface area contributed by atoms with Gasteiger partial charge >= 0.3 is 0 Å². The van der Waals surface area contributed by atoms with E-state index in [-0.39, 0.29) is 34.4 Å². The van der Waals surface area contributed by atoms with Gasteiger partial charge in [0.2, 0.25) is 11.6 Å². The van der Waals surface area contributed by atoms with E-state index < -0.39 is 5.60 Å². The molecule has 0 radical (unpaired) electrons. The Labute approximate surface area is 107 Å². The van der Waals surface area contributed by atoms with Crippen molar-refractivity contribution < 1.29 is 14.3 Å². The molecule has 0 N–H and O–H groups in total. The summed E-state index contributed by atoms with van der Waals surface area (Å²) in [7, 11) is 0. The Morgan fingerprint density at radius 1 is 1.17 bits per heavy atom. The number of hydrogen-bond acceptors (Lipinski definition) is 3. The SMILES string of the molecule is C[C@@H]1CC[C@@H]2O[C@]23C(=O)C(=O)[C@@H]2[C@@H](C2(C)C)[C@@]13C. The lowest BCUT2D eigenvalue weighted by molar-refractivity contribution is -0.150. The summed E-state index contributed by atoms with van der Waals surface area (Å²) in [6.07, 6.45) is 2.07. The van der Waals surface area contributed by atoms with Crippen molar-refractivity contribution in [3.05, 3.63) is 0 Å². The van der Waals surface area contributed by atoms with Crippen LogP contribution in [0.3, 0.4) is 0 Å². The van der Waals surface area contributed by atoms with Gasteiger partial charge in [0.25, 0.3) is 0 Å². The van der Waals surface area contributed by atoms with E-state index in [4.69, 9.17) is 4.74 Å². The first-order chi connectivity index (χ1) is 8.29. The average Bonchev–Trinajstić information content (AvgIpc) is 3.15. The van der Waals surface area contributed by atoms with Crippen LogP contribution in [0.5, 0.6) is 0 Å². The van der Waals surface area contributed by atoms with E-state index in [1.54, 1.807) is 0 Å². The minimum Gasteiger partial charge on any atom is -0.357 e. The smallest absolute Gasteiger partial charge is 0.233 e. The first kappa shape index (κ1) is 11.2. The molecule has 0 aromatic rings. The molecule has 0 unspecified atom stereocenters. The highest BCUT2D eigenvalue weighted by atomic mass is 16.6. The predicted molar refractivity (Wildman–Crippen MR) is 64.9 cm³/mol. The lowest BCUT2D eigenvalue weighted by Crippen LogP contribution is -2.58. The molecule has 1 spiro atoms. The zero-order valence-corrected chi connectivity index (χ0v) is 11.4. The van der Waals surface area contributed by atoms with Gasteiger partial charge in [-0.05, 0) is 30.1 Å². The standard InChI is InChI=1S/C15H20O3/c1-7-5-6-8-15(18-8)12(17)10(16)9-11(13(9,2)3)14(7,15)4/h7-9,11H,5-6H2,1-4H3/t7-,8+,9-,11+,14-,15+/m1/s1. The molecule has 3 saturated carbocycles. The zero-order valence-electron chi connectivity index (χ0n) is 11.4. The Kier molecular flexibility index (Phi) is 1.61. The van der Waals surface area contributed by atoms with Crippen LogP contribution in [-0.2, 0) is 14.3 Å². The van der Waals surface area contributed by atoms with Crippen molar-refractivity contribution in [3.8, 4) is 0 Å². The number of carbonyl (C=O) groups excluding carboxylic acids is 2. The van der Waals surface area contributed by atoms with Gasteiger partial charge < -0.3 is 4.74 Å². The van der Waals surface area contributed by atoms with E-state index in [2.05, 4.69) is 27.7 Å². The maximum atomic E-state index is 12.5. The lowest BCUT2D eigenvalue weighted by atomic mass is 9.54. The van der Waals surface area contributed by atoms with Gasteiger partial charge in [0, 0.05) is 11.3 Å². The van der Waals surface area contributed by atoms with Gasteiger partial charge in [0.15, 0.2) is 5.60 Å². The third-order valence-electron chi connectivity index (χ3n) is 6.73. The molecule has 98 valence electrons. The Hall–Kier alpha value is -0.700. The molecule has 4 rings (SSSR count). The van der Waals surface area contributed by atoms with Gasteiger partial charge in [-0.3, -0.25) is 9.59 Å². The molecule has 1 saturated heterocycles. The Balaban J connectivity index is 1.91. The van der Waals surface area contributed by atoms with Crippen LogP contribution in [0.15, 0.2) is 0 Å². The van der Waals surface area contributed by atoms with Gasteiger partial charge in [-0.15, -0.1) is 0 Å². The van der Waals surface area contributed by atoms with Crippen molar-refractivity contribution in [1.29, 1.82) is 0 Å². The summed E-state index contributed by atoms with van der Waals surface area (Å²) >= 11 is 0. The molecule has 0 aromatic heterocycles. The molecular formula is C15H20O3. The lowest BCUT2D eigenvalue weighted by Gasteiger charge is -2.46. The zero-order chi connectivity index (χ0) is 13.1. The van der Waals surface area contributed by atoms with Gasteiger partial charge in [0.05, 0.1) is 6.10 Å². The van der Waals surface area contributed by atoms with E-state index in [1.807, 2.05) is 0 Å². The Morgan fingerprint density at radius 2 is 1.83 bits per heavy atom. The monoisotopic (exact) mass is 248 g/mol. The number of epoxide rings is 1. The number of Topliss-reactive ketones (excluding diaryl/α,β-unsaturated/α-hetero) is 2. The first-order valence-corrected chi connectivity index (χ1v) is 7.06. The van der Waals surface area contributed by atoms with Crippen molar-refractivity contribution in [2.45, 2.75) is 52.2 Å². The second kappa shape index (κ2) is 2.60. The summed E-state index contributed by atoms with van der Waals surface area (Å²) in [5, 5.41) is 0. The van der Waals surface area contributed by atoms with Gasteiger partial charge in [0.1, 0.15) is 0 Å². The highest BCUT2D eigenvalue weighted by Gasteiger charge is 2.87. The molecular weight excluding hydrogens is 228 g/mol. The molecule has 18 heavy (non-hydrogen) atoms. The number of carbonyl (C=O) groups is 2. The van der Waals surface area contributed by atoms with Crippen LogP contribution in [-0.4, -0.2) is 23.3 Å². The molecule has 3 nitrogen and oxygen atoms in total. The van der Waals surface area contributed by atoms with Crippen LogP contribution in [0.2, 0.25) is 0 Å². The fourth-order valence-corrected chi connectivity index (χ4v) is 5.55. The second-order valence-electron chi connectivity index (χ2n) is 7.57. The van der Waals surface area contributed by atoms with Gasteiger partial charge in [-0.1, -0.05) is 27.7 Å². The molecule has 0 aromatic carbocycles. The minimum atomic E-state index is -0.739. The quantitative estimate of drug-likeness (QED) is 0.486. The van der Waals surface area contributed by atoms with Crippen LogP contribution < -0.4 is 0 Å². The largest absolute Gasteiger partial charge is 0.357 e. The molecule has 6 atom stereocenters. The molecule has 0 amide bonds. The summed E-state index contributed by atoms with van der Waals surface area (Å²) in [4.78, 5) is 24.8. The van der Waals surface area contributed by atoms with E-state index in [9.17, 15) is 9.59 Å². The Bertz CT molecular complexity index is 494. The van der Waals surface area contributed by atoms with Crippen molar-refractivity contribution in [3.63, 3.8) is 0 Å². The third-order valence-corrected chi connectivity index (χ3v) is 6.73. The average molecular weight is 248 g/mol. The highest BCUT2D eigenvalue weighted by molar-refractivity contribution is 6.44. The minimum absolute atomic E-state index is 0.0207. The van der Waals surface area contributed by atoms with E-state index in [0.29, 0.717) is 11.8 Å². The summed E-state index contributed by atoms with van der Waals surface area (Å²) in [5.74, 6) is 0.372. The number of ketones is 2. The predicted octanol–water partition coefficient (Wildman–Crippen LogP) is 1.98. The number of rotatable bonds is 0. The molecule has 1 heterocycles. The molecule has 1 aliphatic heterocycles. The van der Waals surface area contributed by atoms with E-state index >= 15 is 0 Å². The molecule has 4 aliphatic rings. The number of ether oxygens (including phenoxy) is 1.